The summed E-state index contributed by atoms with van der Waals surface area (Å²) in [6.45, 7) is 2.08. The molecular weight excluding hydrogens is 308 g/mol. The van der Waals surface area contributed by atoms with E-state index in [1.165, 1.54) is 0 Å². The summed E-state index contributed by atoms with van der Waals surface area (Å²) in [6.07, 6.45) is 0.907. The number of carbonyl (C=O) groups excluding carboxylic acids is 1. The number of amides is 1. The molecule has 0 aliphatic carbocycles. The van der Waals surface area contributed by atoms with Gasteiger partial charge in [-0.25, -0.2) is 4.98 Å². The number of aromatic nitrogens is 3. The summed E-state index contributed by atoms with van der Waals surface area (Å²) in [7, 11) is 1.84. The van der Waals surface area contributed by atoms with E-state index < -0.39 is 6.10 Å². The molecule has 4 rings (SSSR count). The number of nitrogens with one attached hydrogen (secondary N) is 1. The minimum Gasteiger partial charge on any atom is -0.485 e. The Bertz CT molecular complexity index is 935. The van der Waals surface area contributed by atoms with Crippen LogP contribution in [0.5, 0.6) is 11.5 Å². The van der Waals surface area contributed by atoms with E-state index in [2.05, 4.69) is 15.4 Å². The van der Waals surface area contributed by atoms with Crippen LogP contribution < -0.4 is 14.8 Å². The number of para-hydroxylation sites is 2. The smallest absolute Gasteiger partial charge is 0.269 e. The lowest BCUT2D eigenvalue weighted by atomic mass is 10.2. The Balaban J connectivity index is 1.53. The van der Waals surface area contributed by atoms with Gasteiger partial charge in [0.15, 0.2) is 17.1 Å². The summed E-state index contributed by atoms with van der Waals surface area (Å²) in [6, 6.07) is 9.15. The molecule has 7 heteroatoms. The molecule has 1 N–H and O–H groups in total. The molecule has 1 aliphatic heterocycles. The monoisotopic (exact) mass is 324 g/mol. The van der Waals surface area contributed by atoms with Crippen molar-refractivity contribution in [1.82, 2.24) is 14.8 Å². The van der Waals surface area contributed by atoms with Gasteiger partial charge in [0.2, 0.25) is 6.10 Å². The van der Waals surface area contributed by atoms with E-state index in [0.717, 1.165) is 16.7 Å². The molecule has 0 saturated heterocycles. The number of benzene rings is 1. The molecule has 0 bridgehead atoms. The minimum atomic E-state index is -0.703. The number of aryl methyl sites for hydroxylation is 2. The van der Waals surface area contributed by atoms with Crippen LogP contribution in [0.1, 0.15) is 5.69 Å². The van der Waals surface area contributed by atoms with E-state index in [-0.39, 0.29) is 12.5 Å². The second kappa shape index (κ2) is 5.52. The summed E-state index contributed by atoms with van der Waals surface area (Å²) in [5.74, 6) is 0.948. The first-order valence-corrected chi connectivity index (χ1v) is 7.60. The highest BCUT2D eigenvalue weighted by atomic mass is 16.6. The highest BCUT2D eigenvalue weighted by molar-refractivity contribution is 5.96. The van der Waals surface area contributed by atoms with E-state index in [1.54, 1.807) is 16.9 Å². The highest BCUT2D eigenvalue weighted by Crippen LogP contribution is 2.31. The van der Waals surface area contributed by atoms with Crippen molar-refractivity contribution in [2.45, 2.75) is 13.0 Å². The van der Waals surface area contributed by atoms with Gasteiger partial charge in [0, 0.05) is 12.4 Å². The second-order valence-corrected chi connectivity index (χ2v) is 5.66. The zero-order valence-electron chi connectivity index (χ0n) is 13.3. The van der Waals surface area contributed by atoms with E-state index in [9.17, 15) is 4.79 Å². The number of hydrogen-bond donors (Lipinski definition) is 1. The fourth-order valence-corrected chi connectivity index (χ4v) is 2.75. The number of ether oxygens (including phenoxy) is 2. The van der Waals surface area contributed by atoms with Gasteiger partial charge in [0.1, 0.15) is 6.61 Å². The standard InChI is InChI=1S/C17H16N4O3/c1-10-12-7-11(8-18-16(12)21(2)20-10)19-17(22)15-9-23-13-5-3-4-6-14(13)24-15/h3-8,15H,9H2,1-2H3,(H,19,22). The van der Waals surface area contributed by atoms with Gasteiger partial charge in [0.25, 0.3) is 5.91 Å². The molecule has 1 amide bonds. The van der Waals surface area contributed by atoms with Crippen molar-refractivity contribution in [3.63, 3.8) is 0 Å². The van der Waals surface area contributed by atoms with E-state index >= 15 is 0 Å². The van der Waals surface area contributed by atoms with Crippen LogP contribution in [0.25, 0.3) is 11.0 Å². The molecule has 0 fully saturated rings. The van der Waals surface area contributed by atoms with Crippen LogP contribution in [-0.4, -0.2) is 33.4 Å². The topological polar surface area (TPSA) is 78.3 Å². The molecule has 3 heterocycles. The minimum absolute atomic E-state index is 0.171. The molecule has 1 atom stereocenters. The van der Waals surface area contributed by atoms with Crippen molar-refractivity contribution in [2.75, 3.05) is 11.9 Å². The Hall–Kier alpha value is -3.09. The number of anilines is 1. The number of hydrogen-bond acceptors (Lipinski definition) is 5. The van der Waals surface area contributed by atoms with Gasteiger partial charge in [0.05, 0.1) is 17.6 Å². The molecule has 1 unspecified atom stereocenters. The zero-order chi connectivity index (χ0) is 16.7. The molecule has 2 aromatic heterocycles. The normalized spacial score (nSPS) is 16.2. The molecule has 3 aromatic rings. The average Bonchev–Trinajstić information content (AvgIpc) is 2.88. The van der Waals surface area contributed by atoms with Crippen LogP contribution in [0.3, 0.4) is 0 Å². The van der Waals surface area contributed by atoms with E-state index in [4.69, 9.17) is 9.47 Å². The third-order valence-corrected chi connectivity index (χ3v) is 3.93. The molecule has 0 spiro atoms. The molecule has 24 heavy (non-hydrogen) atoms. The maximum absolute atomic E-state index is 12.4. The van der Waals surface area contributed by atoms with Gasteiger partial charge in [-0.2, -0.15) is 5.10 Å². The number of carbonyl (C=O) groups is 1. The van der Waals surface area contributed by atoms with Crippen molar-refractivity contribution in [3.05, 3.63) is 42.2 Å². The number of pyridine rings is 1. The lowest BCUT2D eigenvalue weighted by molar-refractivity contribution is -0.125. The average molecular weight is 324 g/mol. The number of fused-ring (bicyclic) bond motifs is 2. The summed E-state index contributed by atoms with van der Waals surface area (Å²) in [4.78, 5) is 16.8. The van der Waals surface area contributed by atoms with Crippen molar-refractivity contribution in [2.24, 2.45) is 7.05 Å². The summed E-state index contributed by atoms with van der Waals surface area (Å²) < 4.78 is 13.0. The third kappa shape index (κ3) is 2.44. The van der Waals surface area contributed by atoms with Crippen LogP contribution >= 0.6 is 0 Å². The van der Waals surface area contributed by atoms with Gasteiger partial charge in [-0.1, -0.05) is 12.1 Å². The molecule has 0 saturated carbocycles. The van der Waals surface area contributed by atoms with Crippen LogP contribution in [0.2, 0.25) is 0 Å². The molecule has 1 aliphatic rings. The first-order chi connectivity index (χ1) is 11.6. The zero-order valence-corrected chi connectivity index (χ0v) is 13.3. The lowest BCUT2D eigenvalue weighted by Crippen LogP contribution is -2.40. The Morgan fingerprint density at radius 1 is 1.33 bits per heavy atom. The molecule has 122 valence electrons. The SMILES string of the molecule is Cc1nn(C)c2ncc(NC(=O)C3COc4ccccc4O3)cc12. The van der Waals surface area contributed by atoms with Crippen molar-refractivity contribution < 1.29 is 14.3 Å². The van der Waals surface area contributed by atoms with Gasteiger partial charge in [-0.3, -0.25) is 9.48 Å². The molecular formula is C17H16N4O3. The Morgan fingerprint density at radius 2 is 2.12 bits per heavy atom. The molecule has 7 nitrogen and oxygen atoms in total. The Labute approximate surface area is 138 Å². The van der Waals surface area contributed by atoms with Crippen molar-refractivity contribution >= 4 is 22.6 Å². The molecule has 1 aromatic carbocycles. The second-order valence-electron chi connectivity index (χ2n) is 5.66. The first kappa shape index (κ1) is 14.5. The first-order valence-electron chi connectivity index (χ1n) is 7.60. The van der Waals surface area contributed by atoms with Gasteiger partial charge >= 0.3 is 0 Å². The maximum atomic E-state index is 12.4. The predicted octanol–water partition coefficient (Wildman–Crippen LogP) is 2.06. The largest absolute Gasteiger partial charge is 0.485 e. The fraction of sp³-hybridized carbons (Fsp3) is 0.235. The summed E-state index contributed by atoms with van der Waals surface area (Å²) >= 11 is 0. The summed E-state index contributed by atoms with van der Waals surface area (Å²) in [5, 5.41) is 8.05. The van der Waals surface area contributed by atoms with E-state index in [1.807, 2.05) is 38.2 Å². The van der Waals surface area contributed by atoms with Crippen LogP contribution in [0.15, 0.2) is 36.5 Å². The molecule has 0 radical (unpaired) electrons. The van der Waals surface area contributed by atoms with Crippen molar-refractivity contribution in [3.8, 4) is 11.5 Å². The number of rotatable bonds is 2. The third-order valence-electron chi connectivity index (χ3n) is 3.93. The van der Waals surface area contributed by atoms with Crippen LogP contribution in [0.4, 0.5) is 5.69 Å². The predicted molar refractivity (Wildman–Crippen MR) is 88.2 cm³/mol. The van der Waals surface area contributed by atoms with Crippen molar-refractivity contribution in [1.29, 1.82) is 0 Å². The van der Waals surface area contributed by atoms with Gasteiger partial charge in [-0.05, 0) is 25.1 Å². The van der Waals surface area contributed by atoms with Crippen LogP contribution in [0, 0.1) is 6.92 Å². The van der Waals surface area contributed by atoms with Crippen LogP contribution in [-0.2, 0) is 11.8 Å². The quantitative estimate of drug-likeness (QED) is 0.780. The highest BCUT2D eigenvalue weighted by Gasteiger charge is 2.27. The maximum Gasteiger partial charge on any atom is 0.269 e. The lowest BCUT2D eigenvalue weighted by Gasteiger charge is -2.25. The van der Waals surface area contributed by atoms with Gasteiger partial charge < -0.3 is 14.8 Å². The summed E-state index contributed by atoms with van der Waals surface area (Å²) in [5.41, 5.74) is 2.24. The van der Waals surface area contributed by atoms with Gasteiger partial charge in [-0.15, -0.1) is 0 Å². The van der Waals surface area contributed by atoms with E-state index in [0.29, 0.717) is 17.2 Å². The Morgan fingerprint density at radius 3 is 2.96 bits per heavy atom. The Kier molecular flexibility index (Phi) is 3.34. The number of nitrogens with zero attached hydrogens (tertiary/aromatic N) is 3. The fourth-order valence-electron chi connectivity index (χ4n) is 2.75.